The number of aryl methyl sites for hydroxylation is 2. The molecule has 0 saturated carbocycles. The topological polar surface area (TPSA) is 0 Å². The summed E-state index contributed by atoms with van der Waals surface area (Å²) in [4.78, 5) is 0. The Morgan fingerprint density at radius 1 is 0.244 bits per heavy atom. The van der Waals surface area contributed by atoms with Crippen molar-refractivity contribution in [2.24, 2.45) is 0 Å². The molecule has 0 spiro atoms. The lowest BCUT2D eigenvalue weighted by atomic mass is 10.0. The van der Waals surface area contributed by atoms with Crippen LogP contribution in [-0.4, -0.2) is 0 Å². The molecule has 0 saturated heterocycles. The van der Waals surface area contributed by atoms with E-state index in [2.05, 4.69) is 232 Å². The fourth-order valence-electron chi connectivity index (χ4n) is 12.7. The van der Waals surface area contributed by atoms with Crippen LogP contribution in [0.25, 0.3) is 106 Å². The summed E-state index contributed by atoms with van der Waals surface area (Å²) in [5, 5.41) is 24.1. The summed E-state index contributed by atoms with van der Waals surface area (Å²) in [5.41, 5.74) is 8.20. The first-order chi connectivity index (χ1) is 38.7. The van der Waals surface area contributed by atoms with E-state index in [1.165, 1.54) is 187 Å². The molecule has 4 atom stereocenters. The smallest absolute Gasteiger partial charge is 0.0194 e. The van der Waals surface area contributed by atoms with E-state index in [-0.39, 0.29) is 0 Å². The van der Waals surface area contributed by atoms with E-state index in [0.717, 1.165) is 0 Å². The van der Waals surface area contributed by atoms with Gasteiger partial charge in [0.2, 0.25) is 0 Å². The number of fused-ring (bicyclic) bond motifs is 10. The molecule has 4 heterocycles. The highest BCUT2D eigenvalue weighted by Crippen LogP contribution is 2.71. The molecule has 0 aliphatic rings. The SMILES string of the molecule is CCCCCCCCc1ccc(-c2ccc3c(c2)p(-c2ccccc2)c2c4cc5c(cc4p(-c4ccccc4)c32)c2c(c3ccc(-c4ccc(CCCCCCCC)cc4)cc3p2-c2ccccc2)p5-c2ccccc2)cc1. The second-order valence-electron chi connectivity index (χ2n) is 21.9. The largest absolute Gasteiger partial charge is 0.0762 e. The lowest BCUT2D eigenvalue weighted by molar-refractivity contribution is 0.607. The quantitative estimate of drug-likeness (QED) is 0.0667. The fraction of sp³-hybridized carbons (Fsp3) is 0.216. The van der Waals surface area contributed by atoms with Gasteiger partial charge in [-0.25, -0.2) is 0 Å². The molecule has 0 amide bonds. The van der Waals surface area contributed by atoms with Crippen LogP contribution in [0, 0.1) is 0 Å². The van der Waals surface area contributed by atoms with Gasteiger partial charge in [0.15, 0.2) is 0 Å². The lowest BCUT2D eigenvalue weighted by Gasteiger charge is -2.10. The molecule has 78 heavy (non-hydrogen) atoms. The van der Waals surface area contributed by atoms with E-state index < -0.39 is 30.1 Å². The third kappa shape index (κ3) is 9.74. The van der Waals surface area contributed by atoms with E-state index in [9.17, 15) is 0 Å². The molecule has 13 aromatic rings. The first-order valence-electron chi connectivity index (χ1n) is 29.2. The summed E-state index contributed by atoms with van der Waals surface area (Å²) in [6.45, 7) is 4.60. The van der Waals surface area contributed by atoms with Gasteiger partial charge in [-0.05, 0) is 126 Å². The second-order valence-corrected chi connectivity index (χ2v) is 30.3. The minimum atomic E-state index is -0.858. The first kappa shape index (κ1) is 51.1. The molecule has 0 radical (unpaired) electrons. The molecule has 4 aromatic heterocycles. The highest BCUT2D eigenvalue weighted by atomic mass is 31.1. The van der Waals surface area contributed by atoms with Gasteiger partial charge in [-0.3, -0.25) is 0 Å². The Hall–Kier alpha value is -6.34. The average molecular weight is 1080 g/mol. The van der Waals surface area contributed by atoms with Gasteiger partial charge >= 0.3 is 0 Å². The Bertz CT molecular complexity index is 3900. The van der Waals surface area contributed by atoms with Crippen LogP contribution < -0.4 is 0 Å². The summed E-state index contributed by atoms with van der Waals surface area (Å²) in [6.07, 6.45) is 18.3. The van der Waals surface area contributed by atoms with Crippen LogP contribution in [0.15, 0.2) is 218 Å². The van der Waals surface area contributed by atoms with Gasteiger partial charge in [0.25, 0.3) is 0 Å². The molecular formula is C74H70P4. The average Bonchev–Trinajstić information content (AvgIpc) is 4.25. The maximum absolute atomic E-state index is 2.76. The van der Waals surface area contributed by atoms with Crippen molar-refractivity contribution in [3.63, 3.8) is 0 Å². The van der Waals surface area contributed by atoms with Gasteiger partial charge < -0.3 is 0 Å². The summed E-state index contributed by atoms with van der Waals surface area (Å²) < 4.78 is 0. The zero-order valence-corrected chi connectivity index (χ0v) is 49.1. The van der Waals surface area contributed by atoms with Gasteiger partial charge in [0.1, 0.15) is 0 Å². The molecule has 0 aliphatic carbocycles. The van der Waals surface area contributed by atoms with Crippen molar-refractivity contribution in [2.45, 2.75) is 104 Å². The molecule has 9 aromatic carbocycles. The van der Waals surface area contributed by atoms with Crippen LogP contribution in [0.5, 0.6) is 0 Å². The Balaban J connectivity index is 1.03. The van der Waals surface area contributed by atoms with Gasteiger partial charge in [-0.1, -0.05) is 302 Å². The minimum Gasteiger partial charge on any atom is -0.0762 e. The van der Waals surface area contributed by atoms with Crippen LogP contribution in [0.3, 0.4) is 0 Å². The number of benzene rings is 9. The third-order valence-corrected chi connectivity index (χ3v) is 27.4. The molecule has 13 rings (SSSR count). The van der Waals surface area contributed by atoms with E-state index in [4.69, 9.17) is 0 Å². The summed E-state index contributed by atoms with van der Waals surface area (Å²) in [5.74, 6) is 0. The Kier molecular flexibility index (Phi) is 15.2. The molecule has 4 unspecified atom stereocenters. The fourth-order valence-corrected chi connectivity index (χ4v) is 25.1. The van der Waals surface area contributed by atoms with Gasteiger partial charge in [-0.15, -0.1) is 0 Å². The highest BCUT2D eigenvalue weighted by Gasteiger charge is 2.28. The Labute approximate surface area is 466 Å². The molecule has 0 nitrogen and oxygen atoms in total. The predicted octanol–water partition coefficient (Wildman–Crippen LogP) is 25.6. The van der Waals surface area contributed by atoms with Gasteiger partial charge in [0, 0.05) is 40.9 Å². The minimum absolute atomic E-state index is 0.843. The molecule has 0 N–H and O–H groups in total. The second kappa shape index (κ2) is 23.2. The van der Waals surface area contributed by atoms with E-state index in [0.29, 0.717) is 0 Å². The first-order valence-corrected chi connectivity index (χ1v) is 34.6. The van der Waals surface area contributed by atoms with E-state index in [1.54, 1.807) is 20.5 Å². The Morgan fingerprint density at radius 3 is 0.859 bits per heavy atom. The maximum atomic E-state index is 2.76. The van der Waals surface area contributed by atoms with Crippen molar-refractivity contribution in [3.05, 3.63) is 230 Å². The van der Waals surface area contributed by atoms with Crippen LogP contribution in [0.1, 0.15) is 102 Å². The van der Waals surface area contributed by atoms with Crippen LogP contribution in [0.2, 0.25) is 0 Å². The standard InChI is InChI=1S/C74H70P4/c1-3-5-7-9-11-17-27-53-37-41-55(42-38-53)57-45-47-63-67(49-57)75(59-29-19-13-20-30-59)73-65-51-70-66(52-69(65)77(71(63)73)61-33-23-15-24-34-61)74-72(78(70)62-35-25-16-26-36-62)64-48-46-58(50-68(64)76(74)60-31-21-14-22-32-60)56-43-39-54(40-44-56)28-18-12-10-8-6-4-2/h13-16,19-26,29-52H,3-12,17-18,27-28H2,1-2H3. The van der Waals surface area contributed by atoms with Gasteiger partial charge in [0.05, 0.1) is 0 Å². The van der Waals surface area contributed by atoms with E-state index in [1.807, 2.05) is 0 Å². The molecule has 386 valence electrons. The number of hydrogen-bond donors (Lipinski definition) is 0. The molecule has 0 bridgehead atoms. The van der Waals surface area contributed by atoms with Crippen molar-refractivity contribution < 1.29 is 0 Å². The zero-order valence-electron chi connectivity index (χ0n) is 45.5. The maximum Gasteiger partial charge on any atom is 0.0194 e. The van der Waals surface area contributed by atoms with Crippen molar-refractivity contribution in [1.29, 1.82) is 0 Å². The highest BCUT2D eigenvalue weighted by molar-refractivity contribution is 7.76. The van der Waals surface area contributed by atoms with Crippen molar-refractivity contribution >= 4 is 92.6 Å². The van der Waals surface area contributed by atoms with Crippen molar-refractivity contribution in [2.75, 3.05) is 0 Å². The summed E-state index contributed by atoms with van der Waals surface area (Å²) >= 11 is 0. The van der Waals surface area contributed by atoms with Crippen LogP contribution in [-0.2, 0) is 12.8 Å². The molecule has 0 aliphatic heterocycles. The van der Waals surface area contributed by atoms with Crippen LogP contribution >= 0.6 is 30.1 Å². The normalized spacial score (nSPS) is 12.8. The van der Waals surface area contributed by atoms with Crippen molar-refractivity contribution in [3.8, 4) is 43.5 Å². The van der Waals surface area contributed by atoms with Gasteiger partial charge in [-0.2, -0.15) is 0 Å². The van der Waals surface area contributed by atoms with E-state index >= 15 is 0 Å². The van der Waals surface area contributed by atoms with Crippen LogP contribution in [0.4, 0.5) is 0 Å². The monoisotopic (exact) mass is 1080 g/mol. The summed E-state index contributed by atoms with van der Waals surface area (Å²) in [7, 11) is -3.40. The van der Waals surface area contributed by atoms with Crippen molar-refractivity contribution in [1.82, 2.24) is 0 Å². The Morgan fingerprint density at radius 2 is 0.526 bits per heavy atom. The third-order valence-electron chi connectivity index (χ3n) is 16.7. The number of rotatable bonds is 20. The molecule has 4 heteroatoms. The number of unbranched alkanes of at least 4 members (excludes halogenated alkanes) is 10. The molecular weight excluding hydrogens is 1010 g/mol. The lowest BCUT2D eigenvalue weighted by Crippen LogP contribution is -1.87. The predicted molar refractivity (Wildman–Crippen MR) is 353 cm³/mol. The molecule has 0 fully saturated rings. The summed E-state index contributed by atoms with van der Waals surface area (Å²) in [6, 6.07) is 86.1. The number of hydrogen-bond acceptors (Lipinski definition) is 0. The zero-order chi connectivity index (χ0) is 52.4.